The van der Waals surface area contributed by atoms with Crippen molar-refractivity contribution < 1.29 is 8.42 Å². The minimum absolute atomic E-state index is 0.323. The van der Waals surface area contributed by atoms with Gasteiger partial charge in [-0.25, -0.2) is 13.4 Å². The molecule has 1 aliphatic rings. The van der Waals surface area contributed by atoms with Gasteiger partial charge in [0.1, 0.15) is 5.82 Å². The van der Waals surface area contributed by atoms with Crippen LogP contribution in [0.2, 0.25) is 5.02 Å². The lowest BCUT2D eigenvalue weighted by molar-refractivity contribution is 0.477. The molecule has 1 N–H and O–H groups in total. The Kier molecular flexibility index (Phi) is 4.56. The topological polar surface area (TPSA) is 62.3 Å². The number of rotatable bonds is 4. The van der Waals surface area contributed by atoms with E-state index < -0.39 is 10.0 Å². The molecule has 1 aromatic heterocycles. The zero-order chi connectivity index (χ0) is 18.1. The summed E-state index contributed by atoms with van der Waals surface area (Å²) in [4.78, 5) is 4.88. The Morgan fingerprint density at radius 1 is 1.00 bits per heavy atom. The molecule has 0 spiro atoms. The van der Waals surface area contributed by atoms with E-state index in [0.717, 1.165) is 29.4 Å². The lowest BCUT2D eigenvalue weighted by Gasteiger charge is -2.15. The van der Waals surface area contributed by atoms with Crippen molar-refractivity contribution in [1.29, 1.82) is 0 Å². The molecule has 2 heterocycles. The molecule has 4 rings (SSSR count). The normalized spacial score (nSPS) is 15.4. The van der Waals surface area contributed by atoms with Gasteiger partial charge >= 0.3 is 0 Å². The minimum atomic E-state index is -3.42. The molecule has 1 saturated heterocycles. The van der Waals surface area contributed by atoms with Gasteiger partial charge in [-0.2, -0.15) is 4.31 Å². The molecule has 7 heteroatoms. The van der Waals surface area contributed by atoms with Crippen LogP contribution in [0.3, 0.4) is 0 Å². The number of fused-ring (bicyclic) bond motifs is 1. The smallest absolute Gasteiger partial charge is 0.243 e. The van der Waals surface area contributed by atoms with Gasteiger partial charge in [0.05, 0.1) is 10.4 Å². The molecule has 0 aliphatic carbocycles. The highest BCUT2D eigenvalue weighted by Gasteiger charge is 2.27. The number of halogens is 1. The van der Waals surface area contributed by atoms with E-state index in [0.29, 0.717) is 28.8 Å². The molecule has 0 unspecified atom stereocenters. The predicted octanol–water partition coefficient (Wildman–Crippen LogP) is 4.42. The lowest BCUT2D eigenvalue weighted by Crippen LogP contribution is -2.27. The zero-order valence-electron chi connectivity index (χ0n) is 14.0. The maximum absolute atomic E-state index is 12.7. The number of nitrogens with zero attached hydrogens (tertiary/aromatic N) is 2. The standard InChI is InChI=1S/C19H18ClN3O2S/c20-15-4-3-5-16(13-15)21-19-9-6-14-12-17(7-8-18(14)22-19)26(24,25)23-10-1-2-11-23/h3-9,12-13H,1-2,10-11H2,(H,21,22). The van der Waals surface area contributed by atoms with Crippen molar-refractivity contribution in [3.63, 3.8) is 0 Å². The Bertz CT molecular complexity index is 1060. The van der Waals surface area contributed by atoms with Gasteiger partial charge in [-0.15, -0.1) is 0 Å². The van der Waals surface area contributed by atoms with E-state index >= 15 is 0 Å². The van der Waals surface area contributed by atoms with Crippen LogP contribution in [0, 0.1) is 0 Å². The fourth-order valence-corrected chi connectivity index (χ4v) is 4.87. The van der Waals surface area contributed by atoms with Gasteiger partial charge in [-0.1, -0.05) is 17.7 Å². The number of hydrogen-bond donors (Lipinski definition) is 1. The highest BCUT2D eigenvalue weighted by Crippen LogP contribution is 2.26. The number of nitrogens with one attached hydrogen (secondary N) is 1. The first kappa shape index (κ1) is 17.3. The fourth-order valence-electron chi connectivity index (χ4n) is 3.13. The van der Waals surface area contributed by atoms with Crippen molar-refractivity contribution in [2.24, 2.45) is 0 Å². The summed E-state index contributed by atoms with van der Waals surface area (Å²) in [6.45, 7) is 1.20. The molecular weight excluding hydrogens is 370 g/mol. The molecule has 0 bridgehead atoms. The fraction of sp³-hybridized carbons (Fsp3) is 0.211. The third-order valence-electron chi connectivity index (χ3n) is 4.46. The molecule has 134 valence electrons. The Morgan fingerprint density at radius 2 is 1.81 bits per heavy atom. The summed E-state index contributed by atoms with van der Waals surface area (Å²) >= 11 is 6.00. The SMILES string of the molecule is O=S(=O)(c1ccc2nc(Nc3cccc(Cl)c3)ccc2c1)N1CCCC1. The quantitative estimate of drug-likeness (QED) is 0.720. The summed E-state index contributed by atoms with van der Waals surface area (Å²) in [6, 6.07) is 16.2. The average Bonchev–Trinajstić information content (AvgIpc) is 3.17. The summed E-state index contributed by atoms with van der Waals surface area (Å²) in [6.07, 6.45) is 1.85. The van der Waals surface area contributed by atoms with Crippen molar-refractivity contribution in [3.05, 3.63) is 59.6 Å². The summed E-state index contributed by atoms with van der Waals surface area (Å²) in [5, 5.41) is 4.64. The number of pyridine rings is 1. The van der Waals surface area contributed by atoms with Crippen LogP contribution in [-0.4, -0.2) is 30.8 Å². The van der Waals surface area contributed by atoms with E-state index in [4.69, 9.17) is 11.6 Å². The Morgan fingerprint density at radius 3 is 2.58 bits per heavy atom. The number of benzene rings is 2. The van der Waals surface area contributed by atoms with Crippen molar-refractivity contribution in [2.45, 2.75) is 17.7 Å². The number of aromatic nitrogens is 1. The molecule has 0 radical (unpaired) electrons. The molecule has 0 atom stereocenters. The largest absolute Gasteiger partial charge is 0.340 e. The highest BCUT2D eigenvalue weighted by molar-refractivity contribution is 7.89. The predicted molar refractivity (Wildman–Crippen MR) is 104 cm³/mol. The second-order valence-electron chi connectivity index (χ2n) is 6.30. The van der Waals surface area contributed by atoms with Crippen LogP contribution in [0.5, 0.6) is 0 Å². The number of hydrogen-bond acceptors (Lipinski definition) is 4. The van der Waals surface area contributed by atoms with Gasteiger partial charge in [0.15, 0.2) is 0 Å². The average molecular weight is 388 g/mol. The van der Waals surface area contributed by atoms with E-state index in [2.05, 4.69) is 10.3 Å². The van der Waals surface area contributed by atoms with Crippen molar-refractivity contribution in [2.75, 3.05) is 18.4 Å². The second kappa shape index (κ2) is 6.87. The molecule has 1 fully saturated rings. The first-order chi connectivity index (χ1) is 12.5. The van der Waals surface area contributed by atoms with Crippen LogP contribution in [-0.2, 0) is 10.0 Å². The molecular formula is C19H18ClN3O2S. The van der Waals surface area contributed by atoms with Crippen LogP contribution in [0.25, 0.3) is 10.9 Å². The molecule has 5 nitrogen and oxygen atoms in total. The Hall–Kier alpha value is -2.15. The third kappa shape index (κ3) is 3.40. The van der Waals surface area contributed by atoms with Crippen LogP contribution >= 0.6 is 11.6 Å². The maximum atomic E-state index is 12.7. The van der Waals surface area contributed by atoms with Crippen LogP contribution in [0.1, 0.15) is 12.8 Å². The van der Waals surface area contributed by atoms with Crippen molar-refractivity contribution in [1.82, 2.24) is 9.29 Å². The zero-order valence-corrected chi connectivity index (χ0v) is 15.6. The van der Waals surface area contributed by atoms with Gasteiger partial charge in [0, 0.05) is 29.2 Å². The second-order valence-corrected chi connectivity index (χ2v) is 8.67. The van der Waals surface area contributed by atoms with Gasteiger partial charge in [-0.05, 0) is 61.4 Å². The van der Waals surface area contributed by atoms with Gasteiger partial charge in [-0.3, -0.25) is 0 Å². The molecule has 0 amide bonds. The Labute approximate surface area is 157 Å². The first-order valence-electron chi connectivity index (χ1n) is 8.46. The van der Waals surface area contributed by atoms with E-state index in [9.17, 15) is 8.42 Å². The summed E-state index contributed by atoms with van der Waals surface area (Å²) in [5.74, 6) is 0.676. The summed E-state index contributed by atoms with van der Waals surface area (Å²) in [5.41, 5.74) is 1.58. The van der Waals surface area contributed by atoms with Crippen molar-refractivity contribution in [3.8, 4) is 0 Å². The van der Waals surface area contributed by atoms with Crippen LogP contribution in [0.15, 0.2) is 59.5 Å². The monoisotopic (exact) mass is 387 g/mol. The lowest BCUT2D eigenvalue weighted by atomic mass is 10.2. The Balaban J connectivity index is 1.64. The van der Waals surface area contributed by atoms with Gasteiger partial charge in [0.25, 0.3) is 0 Å². The minimum Gasteiger partial charge on any atom is -0.340 e. The molecule has 3 aromatic rings. The van der Waals surface area contributed by atoms with E-state index in [-0.39, 0.29) is 0 Å². The molecule has 2 aromatic carbocycles. The van der Waals surface area contributed by atoms with Gasteiger partial charge < -0.3 is 5.32 Å². The van der Waals surface area contributed by atoms with Gasteiger partial charge in [0.2, 0.25) is 10.0 Å². The van der Waals surface area contributed by atoms with E-state index in [1.807, 2.05) is 36.4 Å². The van der Waals surface area contributed by atoms with Crippen molar-refractivity contribution >= 4 is 44.0 Å². The first-order valence-corrected chi connectivity index (χ1v) is 10.3. The maximum Gasteiger partial charge on any atom is 0.243 e. The number of anilines is 2. The molecule has 26 heavy (non-hydrogen) atoms. The number of sulfonamides is 1. The van der Waals surface area contributed by atoms with Crippen LogP contribution in [0.4, 0.5) is 11.5 Å². The van der Waals surface area contributed by atoms with E-state index in [1.165, 1.54) is 0 Å². The molecule has 1 aliphatic heterocycles. The van der Waals surface area contributed by atoms with E-state index in [1.54, 1.807) is 22.5 Å². The molecule has 0 saturated carbocycles. The third-order valence-corrected chi connectivity index (χ3v) is 6.59. The van der Waals surface area contributed by atoms with Crippen LogP contribution < -0.4 is 5.32 Å². The summed E-state index contributed by atoms with van der Waals surface area (Å²) < 4.78 is 26.9. The summed E-state index contributed by atoms with van der Waals surface area (Å²) in [7, 11) is -3.42. The highest BCUT2D eigenvalue weighted by atomic mass is 35.5.